The number of aliphatic hydroxyl groups excluding tert-OH is 1. The highest BCUT2D eigenvalue weighted by molar-refractivity contribution is 5.73. The van der Waals surface area contributed by atoms with Crippen LogP contribution in [0.15, 0.2) is 12.4 Å². The molecule has 3 saturated heterocycles. The molecule has 2 N–H and O–H groups in total. The van der Waals surface area contributed by atoms with Crippen LogP contribution in [-0.4, -0.2) is 75.7 Å². The number of amides is 1. The Bertz CT molecular complexity index is 628. The molecular formula is C17H26N4O4. The number of hydrogen-bond acceptors (Lipinski definition) is 6. The normalized spacial score (nSPS) is 36.0. The zero-order valence-corrected chi connectivity index (χ0v) is 14.7. The van der Waals surface area contributed by atoms with Crippen LogP contribution in [0.1, 0.15) is 31.6 Å². The maximum atomic E-state index is 11.5. The van der Waals surface area contributed by atoms with E-state index >= 15 is 0 Å². The number of ether oxygens (including phenoxy) is 2. The summed E-state index contributed by atoms with van der Waals surface area (Å²) in [5.74, 6) is 0.956. The van der Waals surface area contributed by atoms with E-state index in [1.54, 1.807) is 13.1 Å². The van der Waals surface area contributed by atoms with Gasteiger partial charge in [-0.25, -0.2) is 4.98 Å². The average molecular weight is 350 g/mol. The van der Waals surface area contributed by atoms with Crippen molar-refractivity contribution in [2.75, 3.05) is 19.7 Å². The Morgan fingerprint density at radius 3 is 2.80 bits per heavy atom. The quantitative estimate of drug-likeness (QED) is 0.786. The van der Waals surface area contributed by atoms with E-state index in [1.807, 2.05) is 22.6 Å². The van der Waals surface area contributed by atoms with Gasteiger partial charge in [-0.05, 0) is 19.8 Å². The minimum atomic E-state index is -0.620. The molecule has 5 unspecified atom stereocenters. The van der Waals surface area contributed by atoms with Crippen LogP contribution in [0.3, 0.4) is 0 Å². The Morgan fingerprint density at radius 1 is 1.40 bits per heavy atom. The van der Waals surface area contributed by atoms with Crippen molar-refractivity contribution in [1.29, 1.82) is 0 Å². The molecule has 8 heteroatoms. The molecule has 138 valence electrons. The molecule has 2 bridgehead atoms. The third-order valence-corrected chi connectivity index (χ3v) is 5.68. The van der Waals surface area contributed by atoms with Crippen LogP contribution in [0.25, 0.3) is 0 Å². The maximum Gasteiger partial charge on any atom is 0.219 e. The molecule has 3 aliphatic rings. The van der Waals surface area contributed by atoms with Crippen molar-refractivity contribution in [2.45, 2.75) is 63.3 Å². The summed E-state index contributed by atoms with van der Waals surface area (Å²) >= 11 is 0. The minimum Gasteiger partial charge on any atom is -0.389 e. The van der Waals surface area contributed by atoms with Crippen molar-refractivity contribution >= 4 is 5.91 Å². The Kier molecular flexibility index (Phi) is 4.53. The zero-order chi connectivity index (χ0) is 17.6. The fourth-order valence-corrected chi connectivity index (χ4v) is 4.24. The predicted octanol–water partition coefficient (Wildman–Crippen LogP) is -0.182. The number of likely N-dealkylation sites (tertiary alicyclic amines) is 1. The second-order valence-corrected chi connectivity index (χ2v) is 7.21. The van der Waals surface area contributed by atoms with Crippen molar-refractivity contribution in [1.82, 2.24) is 19.8 Å². The summed E-state index contributed by atoms with van der Waals surface area (Å²) in [4.78, 5) is 17.6. The second kappa shape index (κ2) is 6.68. The molecule has 8 nitrogen and oxygen atoms in total. The van der Waals surface area contributed by atoms with Crippen molar-refractivity contribution in [3.8, 4) is 0 Å². The number of aryl methyl sites for hydroxylation is 1. The zero-order valence-electron chi connectivity index (χ0n) is 14.7. The van der Waals surface area contributed by atoms with Gasteiger partial charge in [0.2, 0.25) is 5.91 Å². The monoisotopic (exact) mass is 350 g/mol. The topological polar surface area (TPSA) is 88.9 Å². The van der Waals surface area contributed by atoms with Gasteiger partial charge in [0, 0.05) is 38.4 Å². The molecule has 25 heavy (non-hydrogen) atoms. The first-order chi connectivity index (χ1) is 12.0. The average Bonchev–Trinajstić information content (AvgIpc) is 3.21. The fraction of sp³-hybridized carbons (Fsp3) is 0.765. The lowest BCUT2D eigenvalue weighted by atomic mass is 9.93. The molecule has 4 heterocycles. The fourth-order valence-electron chi connectivity index (χ4n) is 4.24. The minimum absolute atomic E-state index is 0.127. The van der Waals surface area contributed by atoms with E-state index in [1.165, 1.54) is 0 Å². The number of piperidine rings is 1. The van der Waals surface area contributed by atoms with Crippen molar-refractivity contribution in [3.63, 3.8) is 0 Å². The van der Waals surface area contributed by atoms with E-state index in [9.17, 15) is 9.90 Å². The largest absolute Gasteiger partial charge is 0.389 e. The summed E-state index contributed by atoms with van der Waals surface area (Å²) in [6.45, 7) is 5.51. The lowest BCUT2D eigenvalue weighted by Crippen LogP contribution is -2.60. The first-order valence-corrected chi connectivity index (χ1v) is 9.00. The first kappa shape index (κ1) is 17.0. The number of rotatable bonds is 3. The number of nitrogens with one attached hydrogen (secondary N) is 1. The van der Waals surface area contributed by atoms with E-state index in [2.05, 4.69) is 10.3 Å². The Labute approximate surface area is 147 Å². The number of carbonyl (C=O) groups is 1. The molecule has 0 saturated carbocycles. The lowest BCUT2D eigenvalue weighted by Gasteiger charge is -2.42. The number of aliphatic hydroxyl groups is 1. The highest BCUT2D eigenvalue weighted by atomic mass is 16.7. The van der Waals surface area contributed by atoms with Gasteiger partial charge in [0.25, 0.3) is 0 Å². The van der Waals surface area contributed by atoms with E-state index in [4.69, 9.17) is 9.47 Å². The van der Waals surface area contributed by atoms with Crippen molar-refractivity contribution in [3.05, 3.63) is 18.2 Å². The van der Waals surface area contributed by atoms with Crippen LogP contribution in [0.4, 0.5) is 0 Å². The molecule has 0 aliphatic carbocycles. The van der Waals surface area contributed by atoms with Crippen LogP contribution >= 0.6 is 0 Å². The highest BCUT2D eigenvalue weighted by Gasteiger charge is 2.51. The van der Waals surface area contributed by atoms with Crippen LogP contribution in [0, 0.1) is 6.92 Å². The summed E-state index contributed by atoms with van der Waals surface area (Å²) < 4.78 is 13.7. The highest BCUT2D eigenvalue weighted by Crippen LogP contribution is 2.36. The van der Waals surface area contributed by atoms with Gasteiger partial charge < -0.3 is 29.4 Å². The summed E-state index contributed by atoms with van der Waals surface area (Å²) in [6.07, 6.45) is 4.14. The molecule has 3 fully saturated rings. The molecule has 0 spiro atoms. The van der Waals surface area contributed by atoms with Crippen molar-refractivity contribution < 1.29 is 19.4 Å². The number of carbonyl (C=O) groups excluding carboxylic acids is 1. The number of imidazole rings is 1. The molecule has 1 aromatic rings. The van der Waals surface area contributed by atoms with Crippen LogP contribution in [-0.2, 0) is 14.3 Å². The van der Waals surface area contributed by atoms with E-state index < -0.39 is 12.4 Å². The summed E-state index contributed by atoms with van der Waals surface area (Å²) in [5.41, 5.74) is 0. The predicted molar refractivity (Wildman–Crippen MR) is 88.8 cm³/mol. The van der Waals surface area contributed by atoms with E-state index in [-0.39, 0.29) is 30.1 Å². The molecule has 0 aromatic carbocycles. The van der Waals surface area contributed by atoms with Gasteiger partial charge in [-0.2, -0.15) is 0 Å². The maximum absolute atomic E-state index is 11.5. The van der Waals surface area contributed by atoms with Gasteiger partial charge >= 0.3 is 0 Å². The third kappa shape index (κ3) is 3.08. The lowest BCUT2D eigenvalue weighted by molar-refractivity contribution is -0.167. The Morgan fingerprint density at radius 2 is 2.16 bits per heavy atom. The van der Waals surface area contributed by atoms with Crippen molar-refractivity contribution in [2.24, 2.45) is 0 Å². The number of aromatic nitrogens is 2. The molecular weight excluding hydrogens is 324 g/mol. The molecule has 4 rings (SSSR count). The SMILES string of the molecule is CC(=O)N1CCC(NC2C3COC(O3)C(n3ccnc3C)C2O)CC1. The summed E-state index contributed by atoms with van der Waals surface area (Å²) in [7, 11) is 0. The number of hydrogen-bond donors (Lipinski definition) is 2. The van der Waals surface area contributed by atoms with E-state index in [0.29, 0.717) is 6.61 Å². The molecule has 0 radical (unpaired) electrons. The second-order valence-electron chi connectivity index (χ2n) is 7.21. The van der Waals surface area contributed by atoms with Gasteiger partial charge in [0.1, 0.15) is 18.0 Å². The molecule has 5 atom stereocenters. The third-order valence-electron chi connectivity index (χ3n) is 5.68. The number of fused-ring (bicyclic) bond motifs is 2. The van der Waals surface area contributed by atoms with Crippen LogP contribution in [0.2, 0.25) is 0 Å². The Hall–Kier alpha value is -1.48. The molecule has 1 amide bonds. The van der Waals surface area contributed by atoms with Gasteiger partial charge in [-0.3, -0.25) is 4.79 Å². The molecule has 3 aliphatic heterocycles. The van der Waals surface area contributed by atoms with E-state index in [0.717, 1.165) is 31.8 Å². The van der Waals surface area contributed by atoms with Crippen LogP contribution in [0.5, 0.6) is 0 Å². The first-order valence-electron chi connectivity index (χ1n) is 9.00. The standard InChI is InChI=1S/C17H26N4O4/c1-10-18-5-8-21(10)15-16(23)14(13-9-24-17(15)25-13)19-12-3-6-20(7-4-12)11(2)22/h5,8,12-17,19,23H,3-4,6-7,9H2,1-2H3. The van der Waals surface area contributed by atoms with Crippen LogP contribution < -0.4 is 5.32 Å². The van der Waals surface area contributed by atoms with Gasteiger partial charge in [-0.1, -0.05) is 0 Å². The Balaban J connectivity index is 1.46. The summed E-state index contributed by atoms with van der Waals surface area (Å²) in [5, 5.41) is 14.6. The molecule has 1 aromatic heterocycles. The number of nitrogens with zero attached hydrogens (tertiary/aromatic N) is 3. The van der Waals surface area contributed by atoms with Gasteiger partial charge in [0.05, 0.1) is 18.8 Å². The smallest absolute Gasteiger partial charge is 0.219 e. The van der Waals surface area contributed by atoms with Gasteiger partial charge in [0.15, 0.2) is 6.29 Å². The summed E-state index contributed by atoms with van der Waals surface area (Å²) in [6, 6.07) is -0.240. The van der Waals surface area contributed by atoms with Gasteiger partial charge in [-0.15, -0.1) is 0 Å².